The van der Waals surface area contributed by atoms with Crippen molar-refractivity contribution in [2.24, 2.45) is 0 Å². The second-order valence-electron chi connectivity index (χ2n) is 12.1. The summed E-state index contributed by atoms with van der Waals surface area (Å²) in [4.78, 5) is 22.8. The summed E-state index contributed by atoms with van der Waals surface area (Å²) in [5.74, 6) is -0.242. The summed E-state index contributed by atoms with van der Waals surface area (Å²) in [6.45, 7) is 4.34. The molecule has 3 unspecified atom stereocenters. The van der Waals surface area contributed by atoms with Crippen LogP contribution in [0.1, 0.15) is 90.9 Å². The number of aliphatic hydroxyl groups excluding tert-OH is 1. The van der Waals surface area contributed by atoms with Gasteiger partial charge in [0.05, 0.1) is 39.9 Å². The molecule has 9 heteroatoms. The number of rotatable bonds is 28. The molecule has 1 amide bonds. The zero-order valence-electron chi connectivity index (χ0n) is 29.3. The lowest BCUT2D eigenvalue weighted by atomic mass is 10.1. The second kappa shape index (κ2) is 28.9. The number of allylic oxidation sites excluding steroid dienone is 13. The Hall–Kier alpha value is -2.32. The molecule has 0 aromatic carbocycles. The highest BCUT2D eigenvalue weighted by atomic mass is 31.2. The second-order valence-corrected chi connectivity index (χ2v) is 13.6. The Bertz CT molecular complexity index is 1020. The van der Waals surface area contributed by atoms with E-state index in [1.165, 1.54) is 0 Å². The van der Waals surface area contributed by atoms with Gasteiger partial charge < -0.3 is 19.8 Å². The first-order chi connectivity index (χ1) is 22.0. The molecule has 0 saturated carbocycles. The molecule has 0 fully saturated rings. The fourth-order valence-electron chi connectivity index (χ4n) is 3.95. The molecule has 0 rings (SSSR count). The van der Waals surface area contributed by atoms with Gasteiger partial charge in [-0.3, -0.25) is 13.8 Å². The van der Waals surface area contributed by atoms with Crippen LogP contribution < -0.4 is 5.32 Å². The molecule has 0 aliphatic carbocycles. The first-order valence-corrected chi connectivity index (χ1v) is 18.4. The zero-order chi connectivity index (χ0) is 34.4. The van der Waals surface area contributed by atoms with E-state index >= 15 is 0 Å². The van der Waals surface area contributed by atoms with Crippen molar-refractivity contribution in [1.29, 1.82) is 0 Å². The van der Waals surface area contributed by atoms with Gasteiger partial charge in [-0.15, -0.1) is 0 Å². The normalized spacial score (nSPS) is 15.9. The summed E-state index contributed by atoms with van der Waals surface area (Å²) in [6, 6.07) is -0.892. The van der Waals surface area contributed by atoms with E-state index in [-0.39, 0.29) is 25.5 Å². The maximum atomic E-state index is 12.7. The number of phosphoric ester groups is 1. The fraction of sp³-hybridized carbons (Fsp3) is 0.595. The van der Waals surface area contributed by atoms with Crippen molar-refractivity contribution in [3.05, 3.63) is 85.1 Å². The van der Waals surface area contributed by atoms with E-state index in [9.17, 15) is 19.4 Å². The minimum atomic E-state index is -4.35. The molecule has 0 radical (unpaired) electrons. The highest BCUT2D eigenvalue weighted by molar-refractivity contribution is 7.47. The first kappa shape index (κ1) is 43.7. The van der Waals surface area contributed by atoms with Gasteiger partial charge in [0, 0.05) is 6.42 Å². The van der Waals surface area contributed by atoms with Crippen LogP contribution in [0.25, 0.3) is 0 Å². The number of nitrogens with one attached hydrogen (secondary N) is 1. The van der Waals surface area contributed by atoms with E-state index in [1.807, 2.05) is 40.2 Å². The maximum Gasteiger partial charge on any atom is 0.472 e. The van der Waals surface area contributed by atoms with Gasteiger partial charge in [-0.05, 0) is 77.6 Å². The zero-order valence-corrected chi connectivity index (χ0v) is 30.2. The van der Waals surface area contributed by atoms with Gasteiger partial charge in [0.15, 0.2) is 0 Å². The van der Waals surface area contributed by atoms with Gasteiger partial charge in [0.1, 0.15) is 13.2 Å². The average Bonchev–Trinajstić information content (AvgIpc) is 2.99. The number of aliphatic hydroxyl groups is 1. The van der Waals surface area contributed by atoms with Gasteiger partial charge in [-0.2, -0.15) is 0 Å². The van der Waals surface area contributed by atoms with Crippen LogP contribution in [0.2, 0.25) is 0 Å². The molecule has 0 aliphatic rings. The molecule has 0 spiro atoms. The molecule has 262 valence electrons. The third kappa shape index (κ3) is 30.3. The number of hydrogen-bond acceptors (Lipinski definition) is 5. The van der Waals surface area contributed by atoms with Crippen molar-refractivity contribution in [2.45, 2.75) is 103 Å². The quantitative estimate of drug-likeness (QED) is 0.0337. The lowest BCUT2D eigenvalue weighted by molar-refractivity contribution is -0.870. The lowest BCUT2D eigenvalue weighted by Crippen LogP contribution is -2.45. The molecule has 46 heavy (non-hydrogen) atoms. The van der Waals surface area contributed by atoms with Gasteiger partial charge in [0.25, 0.3) is 0 Å². The topological polar surface area (TPSA) is 105 Å². The average molecular weight is 664 g/mol. The SMILES string of the molecule is C/C=C/CC/C=C/CC/C=C/C(O)C(COP(=O)(O)OCC[N+](C)(C)C)NC(=O)CCCC/C=C\C/C=C\C/C=C\C/C=C\CC. The summed E-state index contributed by atoms with van der Waals surface area (Å²) in [5, 5.41) is 13.6. The fourth-order valence-corrected chi connectivity index (χ4v) is 4.68. The van der Waals surface area contributed by atoms with E-state index in [0.717, 1.165) is 64.2 Å². The van der Waals surface area contributed by atoms with Gasteiger partial charge in [0.2, 0.25) is 5.91 Å². The minimum Gasteiger partial charge on any atom is -0.387 e. The van der Waals surface area contributed by atoms with Crippen molar-refractivity contribution >= 4 is 13.7 Å². The minimum absolute atomic E-state index is 0.0400. The Morgan fingerprint density at radius 1 is 0.783 bits per heavy atom. The van der Waals surface area contributed by atoms with Gasteiger partial charge in [-0.1, -0.05) is 92.0 Å². The van der Waals surface area contributed by atoms with Crippen LogP contribution >= 0.6 is 7.82 Å². The number of carbonyl (C=O) groups is 1. The number of amides is 1. The summed E-state index contributed by atoms with van der Waals surface area (Å²) in [6.07, 6.45) is 38.2. The maximum absolute atomic E-state index is 12.7. The lowest BCUT2D eigenvalue weighted by Gasteiger charge is -2.25. The molecule has 0 aromatic rings. The number of hydrogen-bond donors (Lipinski definition) is 3. The molecule has 0 heterocycles. The van der Waals surface area contributed by atoms with Crippen molar-refractivity contribution in [3.63, 3.8) is 0 Å². The molecular formula is C37H64N2O6P+. The summed E-state index contributed by atoms with van der Waals surface area (Å²) < 4.78 is 23.3. The Morgan fingerprint density at radius 2 is 1.33 bits per heavy atom. The molecule has 0 bridgehead atoms. The van der Waals surface area contributed by atoms with Crippen molar-refractivity contribution in [1.82, 2.24) is 5.32 Å². The van der Waals surface area contributed by atoms with Gasteiger partial charge >= 0.3 is 7.82 Å². The van der Waals surface area contributed by atoms with Crippen LogP contribution in [0.3, 0.4) is 0 Å². The number of phosphoric acid groups is 1. The number of quaternary nitrogens is 1. The Kier molecular flexibility index (Phi) is 27.4. The molecule has 0 aliphatic heterocycles. The van der Waals surface area contributed by atoms with Crippen LogP contribution in [-0.2, 0) is 18.4 Å². The van der Waals surface area contributed by atoms with Crippen molar-refractivity contribution < 1.29 is 32.9 Å². The van der Waals surface area contributed by atoms with Crippen LogP contribution in [-0.4, -0.2) is 73.4 Å². The van der Waals surface area contributed by atoms with E-state index in [1.54, 1.807) is 6.08 Å². The predicted octanol–water partition coefficient (Wildman–Crippen LogP) is 8.29. The monoisotopic (exact) mass is 663 g/mol. The molecular weight excluding hydrogens is 599 g/mol. The number of likely N-dealkylation sites (N-methyl/N-ethyl adjacent to an activating group) is 1. The summed E-state index contributed by atoms with van der Waals surface area (Å²) in [7, 11) is 1.49. The largest absolute Gasteiger partial charge is 0.472 e. The highest BCUT2D eigenvalue weighted by Crippen LogP contribution is 2.43. The number of nitrogens with zero attached hydrogens (tertiary/aromatic N) is 1. The van der Waals surface area contributed by atoms with Crippen LogP contribution in [0, 0.1) is 0 Å². The van der Waals surface area contributed by atoms with E-state index in [2.05, 4.69) is 79.1 Å². The Balaban J connectivity index is 4.72. The molecule has 0 aromatic heterocycles. The van der Waals surface area contributed by atoms with Crippen LogP contribution in [0.4, 0.5) is 0 Å². The van der Waals surface area contributed by atoms with E-state index < -0.39 is 20.0 Å². The molecule has 0 saturated heterocycles. The van der Waals surface area contributed by atoms with Crippen molar-refractivity contribution in [2.75, 3.05) is 40.9 Å². The molecule has 8 nitrogen and oxygen atoms in total. The number of unbranched alkanes of at least 4 members (excludes halogenated alkanes) is 4. The molecule has 3 N–H and O–H groups in total. The summed E-state index contributed by atoms with van der Waals surface area (Å²) in [5.41, 5.74) is 0. The van der Waals surface area contributed by atoms with Crippen LogP contribution in [0.15, 0.2) is 85.1 Å². The molecule has 3 atom stereocenters. The van der Waals surface area contributed by atoms with E-state index in [0.29, 0.717) is 17.4 Å². The summed E-state index contributed by atoms with van der Waals surface area (Å²) >= 11 is 0. The Morgan fingerprint density at radius 3 is 1.91 bits per heavy atom. The number of carbonyl (C=O) groups excluding carboxylic acids is 1. The van der Waals surface area contributed by atoms with E-state index in [4.69, 9.17) is 9.05 Å². The third-order valence-electron chi connectivity index (χ3n) is 6.67. The van der Waals surface area contributed by atoms with Gasteiger partial charge in [-0.25, -0.2) is 4.57 Å². The first-order valence-electron chi connectivity index (χ1n) is 16.9. The third-order valence-corrected chi connectivity index (χ3v) is 7.66. The predicted molar refractivity (Wildman–Crippen MR) is 193 cm³/mol. The smallest absolute Gasteiger partial charge is 0.387 e. The van der Waals surface area contributed by atoms with Crippen molar-refractivity contribution in [3.8, 4) is 0 Å². The van der Waals surface area contributed by atoms with Crippen LogP contribution in [0.5, 0.6) is 0 Å². The Labute approximate surface area is 280 Å². The standard InChI is InChI=1S/C37H63N2O6P/c1-6-8-10-12-14-16-17-18-19-20-21-23-25-27-29-31-37(41)38-35(34-45-46(42,43)44-33-32-39(3,4)5)36(40)30-28-26-24-22-15-13-11-9-7-2/h7-10,14-16,18-19,21-23,28,30,35-36,40H,6,11-13,17,20,24-27,29,31-34H2,1-5H3,(H-,38,41,42,43)/p+1/b9-7+,10-8-,16-14-,19-18-,22-15+,23-21-,30-28+. The highest BCUT2D eigenvalue weighted by Gasteiger charge is 2.27.